The monoisotopic (exact) mass is 450 g/mol. The zero-order valence-corrected chi connectivity index (χ0v) is 17.5. The van der Waals surface area contributed by atoms with Crippen LogP contribution in [-0.4, -0.2) is 15.5 Å². The van der Waals surface area contributed by atoms with Gasteiger partial charge in [-0.3, -0.25) is 4.79 Å². The molecule has 1 aliphatic rings. The number of rotatable bonds is 5. The summed E-state index contributed by atoms with van der Waals surface area (Å²) in [6, 6.07) is 10.6. The minimum Gasteiger partial charge on any atom is -0.619 e. The van der Waals surface area contributed by atoms with E-state index in [9.17, 15) is 18.8 Å². The fraction of sp³-hybridized carbons (Fsp3) is 0.208. The van der Waals surface area contributed by atoms with Crippen LogP contribution < -0.4 is 10.0 Å². The lowest BCUT2D eigenvalue weighted by atomic mass is 10.1. The molecular formula is C24H20F2N4O3. The van der Waals surface area contributed by atoms with E-state index in [-0.39, 0.29) is 23.3 Å². The van der Waals surface area contributed by atoms with Crippen LogP contribution in [-0.2, 0) is 0 Å². The van der Waals surface area contributed by atoms with Crippen molar-refractivity contribution in [2.45, 2.75) is 31.7 Å². The number of nitrogens with one attached hydrogen (secondary N) is 1. The Hall–Kier alpha value is -4.01. The first kappa shape index (κ1) is 20.9. The minimum absolute atomic E-state index is 0.0209. The molecule has 1 amide bonds. The number of anilines is 1. The van der Waals surface area contributed by atoms with Crippen LogP contribution in [0.15, 0.2) is 65.6 Å². The molecule has 0 bridgehead atoms. The van der Waals surface area contributed by atoms with Crippen molar-refractivity contribution in [2.75, 3.05) is 5.32 Å². The molecule has 1 aliphatic carbocycles. The molecule has 3 heterocycles. The lowest BCUT2D eigenvalue weighted by Crippen LogP contribution is -2.26. The molecular weight excluding hydrogens is 430 g/mol. The highest BCUT2D eigenvalue weighted by molar-refractivity contribution is 6.02. The SMILES string of the molecule is O=C(Nc1cc[n+]([O-])cc1F)c1ccc(-c2c(-c3ccc(F)cc3)ncn2C2CCCC2)o1. The Balaban J connectivity index is 1.50. The Morgan fingerprint density at radius 2 is 1.88 bits per heavy atom. The molecule has 1 N–H and O–H groups in total. The van der Waals surface area contributed by atoms with Crippen LogP contribution in [0.4, 0.5) is 14.5 Å². The van der Waals surface area contributed by atoms with Crippen LogP contribution in [0.5, 0.6) is 0 Å². The number of carbonyl (C=O) groups excluding carboxylic acids is 1. The maximum absolute atomic E-state index is 13.9. The van der Waals surface area contributed by atoms with Gasteiger partial charge in [0.25, 0.3) is 5.91 Å². The second-order valence-electron chi connectivity index (χ2n) is 7.98. The molecule has 0 spiro atoms. The number of furan rings is 1. The summed E-state index contributed by atoms with van der Waals surface area (Å²) >= 11 is 0. The number of pyridine rings is 1. The Morgan fingerprint density at radius 3 is 2.61 bits per heavy atom. The van der Waals surface area contributed by atoms with Crippen LogP contribution in [0.25, 0.3) is 22.7 Å². The summed E-state index contributed by atoms with van der Waals surface area (Å²) < 4.78 is 35.6. The summed E-state index contributed by atoms with van der Waals surface area (Å²) in [5, 5.41) is 13.6. The molecule has 9 heteroatoms. The molecule has 4 aromatic rings. The number of hydrogen-bond donors (Lipinski definition) is 1. The van der Waals surface area contributed by atoms with Gasteiger partial charge in [0.15, 0.2) is 17.7 Å². The van der Waals surface area contributed by atoms with Gasteiger partial charge >= 0.3 is 0 Å². The molecule has 0 unspecified atom stereocenters. The number of halogens is 2. The van der Waals surface area contributed by atoms with Gasteiger partial charge in [0.1, 0.15) is 11.5 Å². The van der Waals surface area contributed by atoms with E-state index in [4.69, 9.17) is 4.42 Å². The van der Waals surface area contributed by atoms with Crippen LogP contribution in [0, 0.1) is 16.8 Å². The van der Waals surface area contributed by atoms with Crippen LogP contribution in [0.2, 0.25) is 0 Å². The molecule has 1 aromatic carbocycles. The number of imidazole rings is 1. The van der Waals surface area contributed by atoms with Crippen molar-refractivity contribution in [1.29, 1.82) is 0 Å². The number of carbonyl (C=O) groups is 1. The molecule has 0 radical (unpaired) electrons. The smallest absolute Gasteiger partial charge is 0.291 e. The van der Waals surface area contributed by atoms with Crippen molar-refractivity contribution >= 4 is 11.6 Å². The van der Waals surface area contributed by atoms with Gasteiger partial charge in [-0.05, 0) is 49.2 Å². The van der Waals surface area contributed by atoms with E-state index in [1.165, 1.54) is 24.3 Å². The fourth-order valence-electron chi connectivity index (χ4n) is 4.21. The lowest BCUT2D eigenvalue weighted by molar-refractivity contribution is -0.607. The summed E-state index contributed by atoms with van der Waals surface area (Å²) in [4.78, 5) is 17.2. The maximum atomic E-state index is 13.9. The number of aromatic nitrogens is 3. The van der Waals surface area contributed by atoms with Gasteiger partial charge < -0.3 is 19.5 Å². The summed E-state index contributed by atoms with van der Waals surface area (Å²) in [6.07, 6.45) is 7.81. The van der Waals surface area contributed by atoms with Gasteiger partial charge in [0.05, 0.1) is 17.7 Å². The van der Waals surface area contributed by atoms with Crippen LogP contribution in [0.1, 0.15) is 42.3 Å². The van der Waals surface area contributed by atoms with Crippen LogP contribution in [0.3, 0.4) is 0 Å². The average molecular weight is 450 g/mol. The third kappa shape index (κ3) is 4.09. The number of benzene rings is 1. The molecule has 168 valence electrons. The Labute approximate surface area is 187 Å². The van der Waals surface area contributed by atoms with E-state index in [0.717, 1.165) is 43.6 Å². The first-order valence-electron chi connectivity index (χ1n) is 10.6. The first-order chi connectivity index (χ1) is 16.0. The molecule has 33 heavy (non-hydrogen) atoms. The van der Waals surface area contributed by atoms with Crippen molar-refractivity contribution in [1.82, 2.24) is 9.55 Å². The number of nitrogens with zero attached hydrogens (tertiary/aromatic N) is 3. The summed E-state index contributed by atoms with van der Waals surface area (Å²) in [6.45, 7) is 0. The Morgan fingerprint density at radius 1 is 1.12 bits per heavy atom. The maximum Gasteiger partial charge on any atom is 0.291 e. The van der Waals surface area contributed by atoms with Crippen molar-refractivity contribution in [3.8, 4) is 22.7 Å². The van der Waals surface area contributed by atoms with Gasteiger partial charge in [-0.15, -0.1) is 0 Å². The quantitative estimate of drug-likeness (QED) is 0.339. The van der Waals surface area contributed by atoms with Crippen molar-refractivity contribution < 1.29 is 22.7 Å². The zero-order chi connectivity index (χ0) is 22.9. The van der Waals surface area contributed by atoms with Crippen molar-refractivity contribution in [2.24, 2.45) is 0 Å². The summed E-state index contributed by atoms with van der Waals surface area (Å²) in [7, 11) is 0. The molecule has 5 rings (SSSR count). The number of hydrogen-bond acceptors (Lipinski definition) is 4. The normalized spacial score (nSPS) is 14.0. The van der Waals surface area contributed by atoms with Gasteiger partial charge in [0, 0.05) is 17.7 Å². The summed E-state index contributed by atoms with van der Waals surface area (Å²) in [5.41, 5.74) is 1.92. The first-order valence-corrected chi connectivity index (χ1v) is 10.6. The van der Waals surface area contributed by atoms with E-state index in [1.807, 2.05) is 0 Å². The third-order valence-corrected chi connectivity index (χ3v) is 5.83. The van der Waals surface area contributed by atoms with E-state index < -0.39 is 11.7 Å². The van der Waals surface area contributed by atoms with E-state index in [0.29, 0.717) is 21.9 Å². The van der Waals surface area contributed by atoms with Crippen LogP contribution >= 0.6 is 0 Å². The highest BCUT2D eigenvalue weighted by Crippen LogP contribution is 2.39. The second-order valence-corrected chi connectivity index (χ2v) is 7.98. The van der Waals surface area contributed by atoms with E-state index in [1.54, 1.807) is 24.5 Å². The van der Waals surface area contributed by atoms with Gasteiger partial charge in [-0.1, -0.05) is 12.8 Å². The second kappa shape index (κ2) is 8.50. The average Bonchev–Trinajstić information content (AvgIpc) is 3.56. The predicted octanol–water partition coefficient (Wildman–Crippen LogP) is 5.09. The number of amides is 1. The molecule has 1 saturated carbocycles. The third-order valence-electron chi connectivity index (χ3n) is 5.83. The standard InChI is InChI=1S/C24H20F2N4O3/c25-16-7-5-15(6-8-16)22-23(30(14-27-22)17-3-1-2-4-17)20-9-10-21(33-20)24(31)28-19-11-12-29(32)13-18(19)26/h5-14,17H,1-4H2,(H,28,31). The van der Waals surface area contributed by atoms with Gasteiger partial charge in [-0.25, -0.2) is 9.37 Å². The Bertz CT molecular complexity index is 1310. The molecule has 3 aromatic heterocycles. The Kier molecular flexibility index (Phi) is 5.37. The van der Waals surface area contributed by atoms with Crippen molar-refractivity contribution in [3.63, 3.8) is 0 Å². The topological polar surface area (TPSA) is 87.0 Å². The van der Waals surface area contributed by atoms with Gasteiger partial charge in [0.2, 0.25) is 12.0 Å². The lowest BCUT2D eigenvalue weighted by Gasteiger charge is -2.15. The molecule has 0 atom stereocenters. The molecule has 0 saturated heterocycles. The van der Waals surface area contributed by atoms with Gasteiger partial charge in [-0.2, -0.15) is 9.12 Å². The molecule has 0 aliphatic heterocycles. The van der Waals surface area contributed by atoms with Crippen molar-refractivity contribution in [3.05, 3.63) is 83.8 Å². The highest BCUT2D eigenvalue weighted by Gasteiger charge is 2.26. The molecule has 7 nitrogen and oxygen atoms in total. The predicted molar refractivity (Wildman–Crippen MR) is 116 cm³/mol. The van der Waals surface area contributed by atoms with E-state index >= 15 is 0 Å². The summed E-state index contributed by atoms with van der Waals surface area (Å²) in [5.74, 6) is -1.45. The largest absolute Gasteiger partial charge is 0.619 e. The molecule has 1 fully saturated rings. The highest BCUT2D eigenvalue weighted by atomic mass is 19.1. The van der Waals surface area contributed by atoms with E-state index in [2.05, 4.69) is 14.9 Å². The fourth-order valence-corrected chi connectivity index (χ4v) is 4.21. The zero-order valence-electron chi connectivity index (χ0n) is 17.5. The minimum atomic E-state index is -0.856.